The number of aryl methyl sites for hydroxylation is 1. The summed E-state index contributed by atoms with van der Waals surface area (Å²) in [6.45, 7) is 8.48. The summed E-state index contributed by atoms with van der Waals surface area (Å²) in [4.78, 5) is 12.0. The molecule has 0 aliphatic heterocycles. The van der Waals surface area contributed by atoms with Crippen molar-refractivity contribution in [1.29, 1.82) is 0 Å². The molecule has 1 saturated carbocycles. The van der Waals surface area contributed by atoms with Crippen molar-refractivity contribution in [3.05, 3.63) is 35.4 Å². The van der Waals surface area contributed by atoms with Crippen LogP contribution in [0.1, 0.15) is 51.2 Å². The molecule has 3 unspecified atom stereocenters. The van der Waals surface area contributed by atoms with Gasteiger partial charge in [-0.3, -0.25) is 4.79 Å². The average Bonchev–Trinajstić information content (AvgIpc) is 2.38. The van der Waals surface area contributed by atoms with Crippen molar-refractivity contribution in [2.24, 2.45) is 11.3 Å². The molecule has 3 atom stereocenters. The van der Waals surface area contributed by atoms with Gasteiger partial charge in [-0.15, -0.1) is 0 Å². The van der Waals surface area contributed by atoms with Crippen molar-refractivity contribution in [1.82, 2.24) is 0 Å². The quantitative estimate of drug-likeness (QED) is 0.768. The van der Waals surface area contributed by atoms with Gasteiger partial charge in [0.1, 0.15) is 5.78 Å². The zero-order chi connectivity index (χ0) is 12.6. The van der Waals surface area contributed by atoms with Crippen molar-refractivity contribution in [2.75, 3.05) is 0 Å². The summed E-state index contributed by atoms with van der Waals surface area (Å²) in [5.74, 6) is 1.03. The minimum atomic E-state index is -0.132. The van der Waals surface area contributed by atoms with E-state index >= 15 is 0 Å². The van der Waals surface area contributed by atoms with Crippen molar-refractivity contribution >= 4 is 5.78 Å². The van der Waals surface area contributed by atoms with E-state index in [2.05, 4.69) is 52.0 Å². The van der Waals surface area contributed by atoms with Crippen LogP contribution >= 0.6 is 0 Å². The Morgan fingerprint density at radius 3 is 2.24 bits per heavy atom. The van der Waals surface area contributed by atoms with E-state index in [9.17, 15) is 4.79 Å². The van der Waals surface area contributed by atoms with E-state index in [0.29, 0.717) is 11.7 Å². The van der Waals surface area contributed by atoms with Gasteiger partial charge in [-0.05, 0) is 24.0 Å². The zero-order valence-electron chi connectivity index (χ0n) is 11.3. The number of carbonyl (C=O) groups is 1. The maximum atomic E-state index is 12.0. The predicted molar refractivity (Wildman–Crippen MR) is 71.1 cm³/mol. The van der Waals surface area contributed by atoms with Gasteiger partial charge in [-0.1, -0.05) is 52.0 Å². The van der Waals surface area contributed by atoms with Gasteiger partial charge in [-0.25, -0.2) is 0 Å². The fraction of sp³-hybridized carbons (Fsp3) is 0.562. The number of rotatable bonds is 3. The monoisotopic (exact) mass is 230 g/mol. The maximum Gasteiger partial charge on any atom is 0.142 e. The lowest BCUT2D eigenvalue weighted by Crippen LogP contribution is -2.52. The lowest BCUT2D eigenvalue weighted by molar-refractivity contribution is -0.147. The topological polar surface area (TPSA) is 17.1 Å². The van der Waals surface area contributed by atoms with Gasteiger partial charge in [-0.2, -0.15) is 0 Å². The first kappa shape index (κ1) is 12.3. The highest BCUT2D eigenvalue weighted by Crippen LogP contribution is 2.55. The molecule has 92 valence electrons. The van der Waals surface area contributed by atoms with E-state index < -0.39 is 0 Å². The molecule has 0 saturated heterocycles. The van der Waals surface area contributed by atoms with Gasteiger partial charge in [0, 0.05) is 17.3 Å². The molecule has 1 aliphatic carbocycles. The van der Waals surface area contributed by atoms with Crippen LogP contribution in [0.2, 0.25) is 0 Å². The molecule has 1 nitrogen and oxygen atoms in total. The maximum absolute atomic E-state index is 12.0. The van der Waals surface area contributed by atoms with Crippen LogP contribution in [0.25, 0.3) is 0 Å². The van der Waals surface area contributed by atoms with Crippen LogP contribution in [-0.2, 0) is 11.2 Å². The minimum Gasteiger partial charge on any atom is -0.299 e. The molecule has 2 rings (SSSR count). The number of hydrogen-bond donors (Lipinski definition) is 0. The first-order valence-corrected chi connectivity index (χ1v) is 6.67. The molecule has 1 fully saturated rings. The molecule has 0 N–H and O–H groups in total. The summed E-state index contributed by atoms with van der Waals surface area (Å²) in [6, 6.07) is 8.81. The molecule has 0 radical (unpaired) electrons. The highest BCUT2D eigenvalue weighted by atomic mass is 16.1. The average molecular weight is 230 g/mol. The van der Waals surface area contributed by atoms with Crippen molar-refractivity contribution in [3.63, 3.8) is 0 Å². The number of carbonyl (C=O) groups excluding carboxylic acids is 1. The summed E-state index contributed by atoms with van der Waals surface area (Å²) in [6.07, 6.45) is 2.01. The third-order valence-electron chi connectivity index (χ3n) is 4.64. The van der Waals surface area contributed by atoms with Crippen LogP contribution in [-0.4, -0.2) is 5.78 Å². The Kier molecular flexibility index (Phi) is 3.11. The summed E-state index contributed by atoms with van der Waals surface area (Å²) in [5, 5.41) is 0. The zero-order valence-corrected chi connectivity index (χ0v) is 11.3. The summed E-state index contributed by atoms with van der Waals surface area (Å²) in [7, 11) is 0. The predicted octanol–water partition coefficient (Wildman–Crippen LogP) is 3.97. The highest BCUT2D eigenvalue weighted by Gasteiger charge is 2.55. The fourth-order valence-electron chi connectivity index (χ4n) is 3.29. The second kappa shape index (κ2) is 4.29. The van der Waals surface area contributed by atoms with Crippen molar-refractivity contribution in [2.45, 2.75) is 46.5 Å². The largest absolute Gasteiger partial charge is 0.299 e. The van der Waals surface area contributed by atoms with Gasteiger partial charge >= 0.3 is 0 Å². The Hall–Kier alpha value is -1.11. The number of hydrogen-bond acceptors (Lipinski definition) is 1. The smallest absolute Gasteiger partial charge is 0.142 e. The van der Waals surface area contributed by atoms with Crippen molar-refractivity contribution in [3.8, 4) is 0 Å². The Balaban J connectivity index is 2.30. The highest BCUT2D eigenvalue weighted by molar-refractivity contribution is 5.95. The molecule has 1 aromatic carbocycles. The molecule has 0 heterocycles. The molecule has 17 heavy (non-hydrogen) atoms. The SMILES string of the molecule is CCc1ccc(C2C(C)C(=O)C2(C)CC)cc1. The van der Waals surface area contributed by atoms with Crippen LogP contribution in [0.5, 0.6) is 0 Å². The molecule has 0 spiro atoms. The standard InChI is InChI=1S/C16H22O/c1-5-12-7-9-13(10-8-12)14-11(3)15(17)16(14,4)6-2/h7-11,14H,5-6H2,1-4H3. The van der Waals surface area contributed by atoms with Gasteiger partial charge in [0.05, 0.1) is 0 Å². The van der Waals surface area contributed by atoms with E-state index in [-0.39, 0.29) is 11.3 Å². The first-order valence-electron chi connectivity index (χ1n) is 6.67. The normalized spacial score (nSPS) is 32.4. The van der Waals surface area contributed by atoms with Gasteiger partial charge in [0.2, 0.25) is 0 Å². The summed E-state index contributed by atoms with van der Waals surface area (Å²) >= 11 is 0. The number of ketones is 1. The van der Waals surface area contributed by atoms with Crippen LogP contribution in [0, 0.1) is 11.3 Å². The van der Waals surface area contributed by atoms with Crippen LogP contribution < -0.4 is 0 Å². The molecule has 1 aliphatic rings. The molecule has 0 amide bonds. The molecule has 0 bridgehead atoms. The fourth-order valence-corrected chi connectivity index (χ4v) is 3.29. The van der Waals surface area contributed by atoms with Gasteiger partial charge < -0.3 is 0 Å². The van der Waals surface area contributed by atoms with E-state index in [1.807, 2.05) is 0 Å². The van der Waals surface area contributed by atoms with E-state index in [4.69, 9.17) is 0 Å². The van der Waals surface area contributed by atoms with Crippen LogP contribution in [0.4, 0.5) is 0 Å². The number of Topliss-reactive ketones (excluding diaryl/α,β-unsaturated/α-hetero) is 1. The second-order valence-electron chi connectivity index (χ2n) is 5.50. The molecule has 0 aromatic heterocycles. The lowest BCUT2D eigenvalue weighted by Gasteiger charge is -2.50. The summed E-state index contributed by atoms with van der Waals surface area (Å²) in [5.41, 5.74) is 2.57. The third kappa shape index (κ3) is 1.72. The molecule has 1 heteroatoms. The minimum absolute atomic E-state index is 0.132. The van der Waals surface area contributed by atoms with Crippen molar-refractivity contribution < 1.29 is 4.79 Å². The van der Waals surface area contributed by atoms with Crippen LogP contribution in [0.3, 0.4) is 0 Å². The Bertz CT molecular complexity index is 418. The lowest BCUT2D eigenvalue weighted by atomic mass is 9.51. The van der Waals surface area contributed by atoms with E-state index in [1.54, 1.807) is 0 Å². The Morgan fingerprint density at radius 2 is 1.76 bits per heavy atom. The second-order valence-corrected chi connectivity index (χ2v) is 5.50. The summed E-state index contributed by atoms with van der Waals surface area (Å²) < 4.78 is 0. The first-order chi connectivity index (χ1) is 8.04. The van der Waals surface area contributed by atoms with E-state index in [0.717, 1.165) is 12.8 Å². The van der Waals surface area contributed by atoms with Gasteiger partial charge in [0.25, 0.3) is 0 Å². The van der Waals surface area contributed by atoms with Gasteiger partial charge in [0.15, 0.2) is 0 Å². The Morgan fingerprint density at radius 1 is 1.18 bits per heavy atom. The number of benzene rings is 1. The Labute approximate surface area is 104 Å². The molecular weight excluding hydrogens is 208 g/mol. The molecule has 1 aromatic rings. The van der Waals surface area contributed by atoms with E-state index in [1.165, 1.54) is 11.1 Å². The van der Waals surface area contributed by atoms with Crippen LogP contribution in [0.15, 0.2) is 24.3 Å². The third-order valence-corrected chi connectivity index (χ3v) is 4.64. The molecular formula is C16H22O.